The number of likely N-dealkylation sites (tertiary alicyclic amines) is 1. The van der Waals surface area contributed by atoms with Gasteiger partial charge in [-0.2, -0.15) is 5.10 Å². The van der Waals surface area contributed by atoms with Gasteiger partial charge in [-0.25, -0.2) is 9.97 Å². The summed E-state index contributed by atoms with van der Waals surface area (Å²) in [5.41, 5.74) is 1.20. The number of hydrogen-bond acceptors (Lipinski definition) is 5. The topological polar surface area (TPSA) is 81.7 Å². The van der Waals surface area contributed by atoms with Crippen LogP contribution in [0.3, 0.4) is 0 Å². The van der Waals surface area contributed by atoms with Crippen molar-refractivity contribution in [3.63, 3.8) is 0 Å². The molecule has 0 aliphatic carbocycles. The van der Waals surface area contributed by atoms with Gasteiger partial charge in [-0.1, -0.05) is 0 Å². The van der Waals surface area contributed by atoms with Crippen LogP contribution in [0.4, 0.5) is 0 Å². The first-order valence-corrected chi connectivity index (χ1v) is 9.30. The number of aryl methyl sites for hydroxylation is 1. The highest BCUT2D eigenvalue weighted by Gasteiger charge is 2.27. The maximum atomic E-state index is 12.6. The van der Waals surface area contributed by atoms with Gasteiger partial charge in [0.15, 0.2) is 0 Å². The Balaban J connectivity index is 1.40. The maximum absolute atomic E-state index is 12.6. The van der Waals surface area contributed by atoms with Crippen LogP contribution in [0.2, 0.25) is 0 Å². The van der Waals surface area contributed by atoms with Crippen LogP contribution >= 0.6 is 0 Å². The fourth-order valence-electron chi connectivity index (χ4n) is 3.63. The molecule has 1 amide bonds. The van der Waals surface area contributed by atoms with Crippen molar-refractivity contribution in [1.82, 2.24) is 34.2 Å². The molecule has 1 aliphatic heterocycles. The van der Waals surface area contributed by atoms with Gasteiger partial charge in [-0.3, -0.25) is 14.5 Å². The summed E-state index contributed by atoms with van der Waals surface area (Å²) >= 11 is 0. The van der Waals surface area contributed by atoms with Gasteiger partial charge in [0.25, 0.3) is 0 Å². The molecule has 0 unspecified atom stereocenters. The highest BCUT2D eigenvalue weighted by Crippen LogP contribution is 2.26. The Hall–Kier alpha value is -3.03. The van der Waals surface area contributed by atoms with Crippen LogP contribution in [0, 0.1) is 0 Å². The lowest BCUT2D eigenvalue weighted by Crippen LogP contribution is -2.40. The molecule has 4 rings (SSSR count). The number of carbonyl (C=O) groups excluding carboxylic acids is 1. The molecule has 0 saturated carbocycles. The van der Waals surface area contributed by atoms with Crippen molar-refractivity contribution in [3.8, 4) is 0 Å². The standard InChI is InChI=1S/C19H23N7O/c27-18(5-10-26-15-21-14-23-26)24-9-1-2-17(13-24)19-22-8-11-25(19)12-16-3-6-20-7-4-16/h3-4,6-8,11,14-15,17H,1-2,5,9-10,12-13H2/t17-/m1/s1. The number of nitrogens with zero attached hydrogens (tertiary/aromatic N) is 7. The number of amides is 1. The van der Waals surface area contributed by atoms with Crippen LogP contribution in [0.5, 0.6) is 0 Å². The molecule has 8 heteroatoms. The van der Waals surface area contributed by atoms with Crippen LogP contribution in [0.25, 0.3) is 0 Å². The van der Waals surface area contributed by atoms with Crippen LogP contribution in [0.1, 0.15) is 36.6 Å². The molecule has 0 N–H and O–H groups in total. The van der Waals surface area contributed by atoms with Gasteiger partial charge in [-0.15, -0.1) is 0 Å². The smallest absolute Gasteiger partial charge is 0.224 e. The summed E-state index contributed by atoms with van der Waals surface area (Å²) in [5.74, 6) is 1.49. The van der Waals surface area contributed by atoms with E-state index < -0.39 is 0 Å². The normalized spacial score (nSPS) is 17.2. The molecule has 4 heterocycles. The maximum Gasteiger partial charge on any atom is 0.224 e. The third-order valence-corrected chi connectivity index (χ3v) is 5.01. The lowest BCUT2D eigenvalue weighted by Gasteiger charge is -2.32. The molecule has 1 fully saturated rings. The molecule has 0 bridgehead atoms. The minimum Gasteiger partial charge on any atom is -0.342 e. The van der Waals surface area contributed by atoms with E-state index in [1.807, 2.05) is 41.8 Å². The van der Waals surface area contributed by atoms with E-state index in [0.717, 1.165) is 38.3 Å². The highest BCUT2D eigenvalue weighted by molar-refractivity contribution is 5.76. The zero-order chi connectivity index (χ0) is 18.5. The predicted molar refractivity (Wildman–Crippen MR) is 98.8 cm³/mol. The zero-order valence-corrected chi connectivity index (χ0v) is 15.2. The first-order valence-electron chi connectivity index (χ1n) is 9.30. The zero-order valence-electron chi connectivity index (χ0n) is 15.2. The molecule has 1 aliphatic rings. The van der Waals surface area contributed by atoms with Gasteiger partial charge in [0.05, 0.1) is 6.54 Å². The summed E-state index contributed by atoms with van der Waals surface area (Å²) in [7, 11) is 0. The first kappa shape index (κ1) is 17.4. The van der Waals surface area contributed by atoms with Crippen LogP contribution in [0.15, 0.2) is 49.6 Å². The van der Waals surface area contributed by atoms with Crippen LogP contribution < -0.4 is 0 Å². The van der Waals surface area contributed by atoms with Gasteiger partial charge in [-0.05, 0) is 30.5 Å². The number of hydrogen-bond donors (Lipinski definition) is 0. The quantitative estimate of drug-likeness (QED) is 0.664. The number of imidazole rings is 1. The summed E-state index contributed by atoms with van der Waals surface area (Å²) < 4.78 is 3.88. The van der Waals surface area contributed by atoms with Crippen molar-refractivity contribution < 1.29 is 4.79 Å². The third-order valence-electron chi connectivity index (χ3n) is 5.01. The molecule has 3 aromatic heterocycles. The van der Waals surface area contributed by atoms with E-state index in [-0.39, 0.29) is 11.8 Å². The van der Waals surface area contributed by atoms with E-state index in [1.54, 1.807) is 11.0 Å². The fourth-order valence-corrected chi connectivity index (χ4v) is 3.63. The van der Waals surface area contributed by atoms with E-state index in [0.29, 0.717) is 13.0 Å². The van der Waals surface area contributed by atoms with Crippen molar-refractivity contribution in [2.24, 2.45) is 0 Å². The molecule has 140 valence electrons. The minimum atomic E-state index is 0.169. The molecule has 8 nitrogen and oxygen atoms in total. The van der Waals surface area contributed by atoms with E-state index in [9.17, 15) is 4.79 Å². The van der Waals surface area contributed by atoms with Crippen molar-refractivity contribution in [2.45, 2.75) is 38.3 Å². The molecular formula is C19H23N7O. The van der Waals surface area contributed by atoms with Crippen molar-refractivity contribution in [2.75, 3.05) is 13.1 Å². The Morgan fingerprint density at radius 3 is 2.89 bits per heavy atom. The third kappa shape index (κ3) is 4.21. The summed E-state index contributed by atoms with van der Waals surface area (Å²) in [6, 6.07) is 4.04. The molecule has 0 aromatic carbocycles. The highest BCUT2D eigenvalue weighted by atomic mass is 16.2. The summed E-state index contributed by atoms with van der Waals surface area (Å²) in [6.45, 7) is 2.88. The van der Waals surface area contributed by atoms with Gasteiger partial charge in [0, 0.05) is 56.8 Å². The SMILES string of the molecule is O=C(CCn1cncn1)N1CCC[C@@H](c2nccn2Cc2ccncc2)C1. The number of rotatable bonds is 6. The Morgan fingerprint density at radius 2 is 2.07 bits per heavy atom. The number of pyridine rings is 1. The average Bonchev–Trinajstić information content (AvgIpc) is 3.39. The van der Waals surface area contributed by atoms with Gasteiger partial charge < -0.3 is 9.47 Å². The Kier molecular flexibility index (Phi) is 5.22. The molecule has 0 spiro atoms. The molecule has 3 aromatic rings. The lowest BCUT2D eigenvalue weighted by atomic mass is 9.96. The monoisotopic (exact) mass is 365 g/mol. The molecule has 0 radical (unpaired) electrons. The van der Waals surface area contributed by atoms with Gasteiger partial charge in [0.2, 0.25) is 5.91 Å². The molecule has 27 heavy (non-hydrogen) atoms. The second-order valence-corrected chi connectivity index (χ2v) is 6.86. The van der Waals surface area contributed by atoms with Crippen molar-refractivity contribution in [1.29, 1.82) is 0 Å². The fraction of sp³-hybridized carbons (Fsp3) is 0.421. The van der Waals surface area contributed by atoms with Crippen LogP contribution in [-0.4, -0.2) is 53.2 Å². The van der Waals surface area contributed by atoms with Crippen molar-refractivity contribution >= 4 is 5.91 Å². The van der Waals surface area contributed by atoms with E-state index in [1.165, 1.54) is 11.9 Å². The Labute approximate surface area is 157 Å². The second kappa shape index (κ2) is 8.11. The second-order valence-electron chi connectivity index (χ2n) is 6.86. The van der Waals surface area contributed by atoms with Gasteiger partial charge >= 0.3 is 0 Å². The molecule has 1 atom stereocenters. The summed E-state index contributed by atoms with van der Waals surface area (Å²) in [4.78, 5) is 27.2. The number of aromatic nitrogens is 6. The molecular weight excluding hydrogens is 342 g/mol. The van der Waals surface area contributed by atoms with Crippen molar-refractivity contribution in [3.05, 3.63) is 61.0 Å². The Morgan fingerprint density at radius 1 is 1.19 bits per heavy atom. The predicted octanol–water partition coefficient (Wildman–Crippen LogP) is 1.71. The van der Waals surface area contributed by atoms with Crippen LogP contribution in [-0.2, 0) is 17.9 Å². The average molecular weight is 365 g/mol. The number of piperidine rings is 1. The summed E-state index contributed by atoms with van der Waals surface area (Å²) in [5, 5.41) is 4.06. The van der Waals surface area contributed by atoms with E-state index >= 15 is 0 Å². The van der Waals surface area contributed by atoms with E-state index in [2.05, 4.69) is 24.6 Å². The summed E-state index contributed by atoms with van der Waals surface area (Å²) in [6.07, 6.45) is 13.1. The molecule has 1 saturated heterocycles. The number of carbonyl (C=O) groups is 1. The first-order chi connectivity index (χ1) is 13.3. The Bertz CT molecular complexity index is 859. The van der Waals surface area contributed by atoms with Gasteiger partial charge in [0.1, 0.15) is 18.5 Å². The minimum absolute atomic E-state index is 0.169. The lowest BCUT2D eigenvalue weighted by molar-refractivity contribution is -0.132. The van der Waals surface area contributed by atoms with E-state index in [4.69, 9.17) is 0 Å². The largest absolute Gasteiger partial charge is 0.342 e.